The number of aromatic nitrogens is 1. The molecule has 0 aliphatic carbocycles. The molecule has 0 spiro atoms. The number of para-hydroxylation sites is 2. The number of imide groups is 1. The van der Waals surface area contributed by atoms with E-state index in [0.717, 1.165) is 4.90 Å². The summed E-state index contributed by atoms with van der Waals surface area (Å²) in [7, 11) is 0. The van der Waals surface area contributed by atoms with Gasteiger partial charge in [0.15, 0.2) is 5.58 Å². The maximum Gasteiger partial charge on any atom is 0.326 e. The molecule has 4 aromatic rings. The van der Waals surface area contributed by atoms with Gasteiger partial charge in [0.05, 0.1) is 12.1 Å². The van der Waals surface area contributed by atoms with E-state index in [1.54, 1.807) is 66.7 Å². The summed E-state index contributed by atoms with van der Waals surface area (Å²) in [5.74, 6) is -3.08. The molecule has 2 heterocycles. The summed E-state index contributed by atoms with van der Waals surface area (Å²) >= 11 is 0. The van der Waals surface area contributed by atoms with Crippen LogP contribution in [0.4, 0.5) is 11.4 Å². The molecule has 1 aliphatic rings. The highest BCUT2D eigenvalue weighted by Crippen LogP contribution is 2.27. The predicted molar refractivity (Wildman–Crippen MR) is 129 cm³/mol. The number of amides is 3. The Hall–Kier alpha value is -4.99. The lowest BCUT2D eigenvalue weighted by Gasteiger charge is -2.27. The third-order valence-corrected chi connectivity index (χ3v) is 5.88. The van der Waals surface area contributed by atoms with Crippen LogP contribution in [0.25, 0.3) is 11.1 Å². The molecule has 1 aliphatic heterocycles. The van der Waals surface area contributed by atoms with Crippen LogP contribution in [0.3, 0.4) is 0 Å². The number of carbonyl (C=O) groups excluding carboxylic acids is 3. The Kier molecular flexibility index (Phi) is 5.69. The summed E-state index contributed by atoms with van der Waals surface area (Å²) in [6, 6.07) is 16.7. The Balaban J connectivity index is 1.31. The van der Waals surface area contributed by atoms with Crippen molar-refractivity contribution < 1.29 is 28.7 Å². The summed E-state index contributed by atoms with van der Waals surface area (Å²) in [5, 5.41) is 12.1. The van der Waals surface area contributed by atoms with Gasteiger partial charge in [-0.2, -0.15) is 0 Å². The lowest BCUT2D eigenvalue weighted by atomic mass is 9.97. The molecule has 0 bridgehead atoms. The third-order valence-electron chi connectivity index (χ3n) is 5.88. The van der Waals surface area contributed by atoms with Crippen LogP contribution in [-0.4, -0.2) is 39.8 Å². The molecule has 10 nitrogen and oxygen atoms in total. The molecule has 1 atom stereocenters. The molecule has 0 saturated heterocycles. The molecule has 180 valence electrons. The van der Waals surface area contributed by atoms with Crippen LogP contribution >= 0.6 is 0 Å². The van der Waals surface area contributed by atoms with Gasteiger partial charge in [-0.05, 0) is 47.5 Å². The molecule has 0 unspecified atom stereocenters. The molecule has 1 aromatic heterocycles. The minimum absolute atomic E-state index is 0.0388. The molecular formula is C26H20N4O6. The van der Waals surface area contributed by atoms with Crippen molar-refractivity contribution in [1.82, 2.24) is 10.3 Å². The van der Waals surface area contributed by atoms with E-state index in [0.29, 0.717) is 39.2 Å². The number of anilines is 2. The topological polar surface area (TPSA) is 156 Å². The second kappa shape index (κ2) is 8.99. The summed E-state index contributed by atoms with van der Waals surface area (Å²) < 4.78 is 5.40. The zero-order valence-electron chi connectivity index (χ0n) is 18.8. The van der Waals surface area contributed by atoms with E-state index in [1.165, 1.54) is 0 Å². The average Bonchev–Trinajstić information content (AvgIpc) is 3.30. The van der Waals surface area contributed by atoms with E-state index < -0.39 is 23.8 Å². The van der Waals surface area contributed by atoms with Crippen LogP contribution in [0.2, 0.25) is 0 Å². The molecule has 0 saturated carbocycles. The molecule has 3 amide bonds. The standard InChI is InChI=1S/C26H20N4O6/c27-16-8-7-15-12-22(31)30(25(33)18(15)13-16)17-9-5-14(6-10-17)11-20(26(34)35)28-23(32)24-29-19-3-1-2-4-21(19)36-24/h1-10,13,20H,11-12,27H2,(H,28,32)(H,34,35)/t20-/m0/s1. The van der Waals surface area contributed by atoms with E-state index in [-0.39, 0.29) is 24.6 Å². The first kappa shape index (κ1) is 22.8. The number of hydrogen-bond donors (Lipinski definition) is 3. The summed E-state index contributed by atoms with van der Waals surface area (Å²) in [6.07, 6.45) is 0.0227. The highest BCUT2D eigenvalue weighted by atomic mass is 16.4. The number of carboxylic acid groups (broad SMARTS) is 1. The molecular weight excluding hydrogens is 464 g/mol. The third kappa shape index (κ3) is 4.27. The Morgan fingerprint density at radius 1 is 1.08 bits per heavy atom. The monoisotopic (exact) mass is 484 g/mol. The Bertz CT molecular complexity index is 1490. The number of carboxylic acids is 1. The smallest absolute Gasteiger partial charge is 0.326 e. The van der Waals surface area contributed by atoms with Crippen LogP contribution < -0.4 is 16.0 Å². The number of oxazole rings is 1. The van der Waals surface area contributed by atoms with Crippen molar-refractivity contribution in [2.75, 3.05) is 10.6 Å². The average molecular weight is 484 g/mol. The Labute approximate surface area is 204 Å². The minimum Gasteiger partial charge on any atom is -0.480 e. The van der Waals surface area contributed by atoms with Crippen molar-refractivity contribution in [3.8, 4) is 0 Å². The van der Waals surface area contributed by atoms with Crippen molar-refractivity contribution in [3.05, 3.63) is 89.3 Å². The highest BCUT2D eigenvalue weighted by molar-refractivity contribution is 6.24. The van der Waals surface area contributed by atoms with Crippen LogP contribution in [0.5, 0.6) is 0 Å². The maximum absolute atomic E-state index is 13.0. The Morgan fingerprint density at radius 2 is 1.83 bits per heavy atom. The molecule has 0 radical (unpaired) electrons. The largest absolute Gasteiger partial charge is 0.480 e. The lowest BCUT2D eigenvalue weighted by molar-refractivity contribution is -0.139. The zero-order chi connectivity index (χ0) is 25.4. The molecule has 5 rings (SSSR count). The number of hydrogen-bond acceptors (Lipinski definition) is 7. The van der Waals surface area contributed by atoms with Gasteiger partial charge in [-0.1, -0.05) is 30.3 Å². The highest BCUT2D eigenvalue weighted by Gasteiger charge is 2.32. The number of benzene rings is 3. The van der Waals surface area contributed by atoms with Crippen molar-refractivity contribution in [3.63, 3.8) is 0 Å². The summed E-state index contributed by atoms with van der Waals surface area (Å²) in [5.41, 5.74) is 9.03. The second-order valence-corrected chi connectivity index (χ2v) is 8.35. The number of nitrogen functional groups attached to an aromatic ring is 1. The normalized spacial score (nSPS) is 13.9. The molecule has 4 N–H and O–H groups in total. The fraction of sp³-hybridized carbons (Fsp3) is 0.115. The minimum atomic E-state index is -1.26. The zero-order valence-corrected chi connectivity index (χ0v) is 18.8. The fourth-order valence-corrected chi connectivity index (χ4v) is 4.09. The SMILES string of the molecule is Nc1ccc2c(c1)C(=O)N(c1ccc(C[C@H](NC(=O)c3nc4ccccc4o3)C(=O)O)cc1)C(=O)C2. The van der Waals surface area contributed by atoms with Gasteiger partial charge in [0.25, 0.3) is 11.8 Å². The molecule has 3 aromatic carbocycles. The van der Waals surface area contributed by atoms with Gasteiger partial charge in [0.1, 0.15) is 11.6 Å². The molecule has 0 fully saturated rings. The van der Waals surface area contributed by atoms with Gasteiger partial charge >= 0.3 is 11.9 Å². The fourth-order valence-electron chi connectivity index (χ4n) is 4.09. The first-order valence-electron chi connectivity index (χ1n) is 11.0. The summed E-state index contributed by atoms with van der Waals surface area (Å²) in [4.78, 5) is 55.2. The van der Waals surface area contributed by atoms with Crippen molar-refractivity contribution >= 4 is 46.2 Å². The number of nitrogens with zero attached hydrogens (tertiary/aromatic N) is 2. The van der Waals surface area contributed by atoms with Gasteiger partial charge in [0.2, 0.25) is 5.91 Å². The van der Waals surface area contributed by atoms with Gasteiger partial charge in [-0.15, -0.1) is 0 Å². The Morgan fingerprint density at radius 3 is 2.56 bits per heavy atom. The molecule has 36 heavy (non-hydrogen) atoms. The first-order chi connectivity index (χ1) is 17.3. The van der Waals surface area contributed by atoms with Gasteiger partial charge in [0, 0.05) is 17.7 Å². The van der Waals surface area contributed by atoms with Crippen LogP contribution in [0, 0.1) is 0 Å². The number of nitrogens with one attached hydrogen (secondary N) is 1. The van der Waals surface area contributed by atoms with Gasteiger partial charge in [-0.25, -0.2) is 14.7 Å². The lowest BCUT2D eigenvalue weighted by Crippen LogP contribution is -2.43. The van der Waals surface area contributed by atoms with Crippen LogP contribution in [0.15, 0.2) is 71.1 Å². The first-order valence-corrected chi connectivity index (χ1v) is 11.0. The van der Waals surface area contributed by atoms with Gasteiger partial charge in [-0.3, -0.25) is 14.4 Å². The second-order valence-electron chi connectivity index (χ2n) is 8.35. The summed E-state index contributed by atoms with van der Waals surface area (Å²) in [6.45, 7) is 0. The number of rotatable bonds is 6. The number of carbonyl (C=O) groups is 4. The predicted octanol–water partition coefficient (Wildman–Crippen LogP) is 2.57. The molecule has 10 heteroatoms. The van der Waals surface area contributed by atoms with E-state index in [1.807, 2.05) is 0 Å². The van der Waals surface area contributed by atoms with Crippen molar-refractivity contribution in [1.29, 1.82) is 0 Å². The van der Waals surface area contributed by atoms with E-state index in [4.69, 9.17) is 10.2 Å². The van der Waals surface area contributed by atoms with E-state index in [2.05, 4.69) is 10.3 Å². The van der Waals surface area contributed by atoms with Crippen molar-refractivity contribution in [2.45, 2.75) is 18.9 Å². The van der Waals surface area contributed by atoms with Crippen LogP contribution in [0.1, 0.15) is 32.2 Å². The van der Waals surface area contributed by atoms with E-state index >= 15 is 0 Å². The van der Waals surface area contributed by atoms with Crippen molar-refractivity contribution in [2.24, 2.45) is 0 Å². The van der Waals surface area contributed by atoms with E-state index in [9.17, 15) is 24.3 Å². The number of fused-ring (bicyclic) bond motifs is 2. The van der Waals surface area contributed by atoms with Crippen LogP contribution in [-0.2, 0) is 22.4 Å². The number of nitrogens with two attached hydrogens (primary N) is 1. The van der Waals surface area contributed by atoms with Gasteiger partial charge < -0.3 is 20.6 Å². The maximum atomic E-state index is 13.0. The quantitative estimate of drug-likeness (QED) is 0.278. The number of aliphatic carboxylic acids is 1.